The molecule has 1 aromatic carbocycles. The molecule has 0 saturated heterocycles. The van der Waals surface area contributed by atoms with Crippen molar-refractivity contribution >= 4 is 27.8 Å². The zero-order valence-corrected chi connectivity index (χ0v) is 13.1. The van der Waals surface area contributed by atoms with Gasteiger partial charge in [0.1, 0.15) is 5.60 Å². The lowest BCUT2D eigenvalue weighted by Gasteiger charge is -2.26. The van der Waals surface area contributed by atoms with Crippen molar-refractivity contribution in [1.29, 1.82) is 0 Å². The summed E-state index contributed by atoms with van der Waals surface area (Å²) in [5.74, 6) is -0.729. The number of halogens is 1. The first-order valence-electron chi connectivity index (χ1n) is 5.91. The molecule has 0 aliphatic rings. The highest BCUT2D eigenvalue weighted by Crippen LogP contribution is 2.16. The first kappa shape index (κ1) is 15.7. The highest BCUT2D eigenvalue weighted by molar-refractivity contribution is 9.09. The molecule has 0 saturated carbocycles. The Morgan fingerprint density at radius 3 is 2.21 bits per heavy atom. The molecule has 0 aromatic heterocycles. The van der Waals surface area contributed by atoms with Crippen LogP contribution in [0.3, 0.4) is 0 Å². The van der Waals surface area contributed by atoms with Crippen LogP contribution < -0.4 is 0 Å². The van der Waals surface area contributed by atoms with E-state index in [1.807, 2.05) is 6.07 Å². The molecule has 4 nitrogen and oxygen atoms in total. The number of likely N-dealkylation sites (N-methyl/N-ethyl adjacent to an activating group) is 1. The third kappa shape index (κ3) is 4.67. The van der Waals surface area contributed by atoms with E-state index in [-0.39, 0.29) is 5.91 Å². The first-order chi connectivity index (χ1) is 8.72. The molecule has 1 rings (SSSR count). The number of benzene rings is 1. The van der Waals surface area contributed by atoms with Crippen LogP contribution in [0.1, 0.15) is 31.1 Å². The monoisotopic (exact) mass is 327 g/mol. The van der Waals surface area contributed by atoms with Crippen LogP contribution in [0.4, 0.5) is 0 Å². The van der Waals surface area contributed by atoms with E-state index >= 15 is 0 Å². The van der Waals surface area contributed by atoms with Gasteiger partial charge in [-0.3, -0.25) is 4.79 Å². The van der Waals surface area contributed by atoms with Crippen LogP contribution in [0, 0.1) is 0 Å². The Morgan fingerprint density at radius 1 is 1.21 bits per heavy atom. The fourth-order valence-corrected chi connectivity index (χ4v) is 1.68. The molecule has 0 fully saturated rings. The highest BCUT2D eigenvalue weighted by atomic mass is 79.9. The molecule has 1 atom stereocenters. The van der Waals surface area contributed by atoms with Crippen molar-refractivity contribution in [2.45, 2.75) is 31.3 Å². The summed E-state index contributed by atoms with van der Waals surface area (Å²) in [4.78, 5) is 24.5. The standard InChI is InChI=1S/C14H18BrNO3/c1-14(2,3)19-13(18)11(15)16(4)12(17)10-8-6-5-7-9-10/h5-9,11H,1-4H3. The molecule has 0 radical (unpaired) electrons. The normalized spacial score (nSPS) is 12.7. The minimum atomic E-state index is -0.806. The number of ether oxygens (including phenoxy) is 1. The fraction of sp³-hybridized carbons (Fsp3) is 0.429. The second-order valence-corrected chi connectivity index (χ2v) is 6.02. The van der Waals surface area contributed by atoms with Crippen LogP contribution in [0.5, 0.6) is 0 Å². The lowest BCUT2D eigenvalue weighted by Crippen LogP contribution is -2.41. The molecule has 0 aliphatic carbocycles. The van der Waals surface area contributed by atoms with Crippen molar-refractivity contribution in [3.8, 4) is 0 Å². The van der Waals surface area contributed by atoms with E-state index in [0.717, 1.165) is 0 Å². The van der Waals surface area contributed by atoms with E-state index in [0.29, 0.717) is 5.56 Å². The molecule has 1 aromatic rings. The first-order valence-corrected chi connectivity index (χ1v) is 6.83. The van der Waals surface area contributed by atoms with E-state index in [2.05, 4.69) is 15.9 Å². The van der Waals surface area contributed by atoms with Crippen LogP contribution in [0.25, 0.3) is 0 Å². The average molecular weight is 328 g/mol. The number of carbonyl (C=O) groups is 2. The van der Waals surface area contributed by atoms with Crippen molar-refractivity contribution < 1.29 is 14.3 Å². The quantitative estimate of drug-likeness (QED) is 0.487. The topological polar surface area (TPSA) is 46.6 Å². The Morgan fingerprint density at radius 2 is 1.74 bits per heavy atom. The minimum absolute atomic E-state index is 0.242. The van der Waals surface area contributed by atoms with Gasteiger partial charge in [-0.15, -0.1) is 0 Å². The maximum absolute atomic E-state index is 12.1. The predicted molar refractivity (Wildman–Crippen MR) is 77.1 cm³/mol. The summed E-state index contributed by atoms with van der Waals surface area (Å²) >= 11 is 3.19. The van der Waals surface area contributed by atoms with Crippen LogP contribution in [-0.4, -0.2) is 34.4 Å². The van der Waals surface area contributed by atoms with Gasteiger partial charge in [0.2, 0.25) is 0 Å². The Balaban J connectivity index is 2.75. The molecule has 0 aliphatic heterocycles. The molecule has 19 heavy (non-hydrogen) atoms. The smallest absolute Gasteiger partial charge is 0.340 e. The molecule has 0 N–H and O–H groups in total. The Bertz CT molecular complexity index is 454. The molecular formula is C14H18BrNO3. The van der Waals surface area contributed by atoms with Gasteiger partial charge in [0.05, 0.1) is 0 Å². The summed E-state index contributed by atoms with van der Waals surface area (Å²) in [6, 6.07) is 8.78. The Kier molecular flexibility index (Phi) is 5.11. The van der Waals surface area contributed by atoms with Gasteiger partial charge in [-0.1, -0.05) is 34.1 Å². The average Bonchev–Trinajstić information content (AvgIpc) is 2.35. The number of rotatable bonds is 3. The zero-order valence-electron chi connectivity index (χ0n) is 11.5. The van der Waals surface area contributed by atoms with Crippen molar-refractivity contribution in [3.05, 3.63) is 35.9 Å². The van der Waals surface area contributed by atoms with Crippen LogP contribution >= 0.6 is 15.9 Å². The number of alkyl halides is 1. The maximum Gasteiger partial charge on any atom is 0.340 e. The summed E-state index contributed by atoms with van der Waals surface area (Å²) in [5, 5.41) is 0. The Labute approximate surface area is 121 Å². The van der Waals surface area contributed by atoms with Crippen LogP contribution in [0.2, 0.25) is 0 Å². The number of amides is 1. The van der Waals surface area contributed by atoms with E-state index in [4.69, 9.17) is 4.74 Å². The predicted octanol–water partition coefficient (Wildman–Crippen LogP) is 2.82. The van der Waals surface area contributed by atoms with E-state index in [1.54, 1.807) is 52.1 Å². The summed E-state index contributed by atoms with van der Waals surface area (Å²) in [5.41, 5.74) is -0.0577. The van der Waals surface area contributed by atoms with Gasteiger partial charge in [-0.05, 0) is 32.9 Å². The molecule has 5 heteroatoms. The second kappa shape index (κ2) is 6.19. The van der Waals surface area contributed by atoms with Crippen molar-refractivity contribution in [2.75, 3.05) is 7.05 Å². The molecule has 0 heterocycles. The fourth-order valence-electron chi connectivity index (χ4n) is 1.40. The van der Waals surface area contributed by atoms with Crippen LogP contribution in [0.15, 0.2) is 30.3 Å². The number of hydrogen-bond donors (Lipinski definition) is 0. The highest BCUT2D eigenvalue weighted by Gasteiger charge is 2.29. The van der Waals surface area contributed by atoms with Gasteiger partial charge in [0.15, 0.2) is 4.95 Å². The van der Waals surface area contributed by atoms with E-state index in [9.17, 15) is 9.59 Å². The van der Waals surface area contributed by atoms with Crippen molar-refractivity contribution in [3.63, 3.8) is 0 Å². The largest absolute Gasteiger partial charge is 0.458 e. The van der Waals surface area contributed by atoms with Gasteiger partial charge in [-0.2, -0.15) is 0 Å². The lowest BCUT2D eigenvalue weighted by atomic mass is 10.2. The number of carbonyl (C=O) groups excluding carboxylic acids is 2. The third-order valence-electron chi connectivity index (χ3n) is 2.28. The number of esters is 1. The van der Waals surface area contributed by atoms with Gasteiger partial charge >= 0.3 is 5.97 Å². The third-order valence-corrected chi connectivity index (χ3v) is 3.27. The van der Waals surface area contributed by atoms with Gasteiger partial charge in [0, 0.05) is 12.6 Å². The van der Waals surface area contributed by atoms with Gasteiger partial charge in [-0.25, -0.2) is 4.79 Å². The van der Waals surface area contributed by atoms with Crippen LogP contribution in [-0.2, 0) is 9.53 Å². The molecular weight excluding hydrogens is 310 g/mol. The van der Waals surface area contributed by atoms with Crippen molar-refractivity contribution in [1.82, 2.24) is 4.90 Å². The summed E-state index contributed by atoms with van der Waals surface area (Å²) in [6.45, 7) is 5.34. The van der Waals surface area contributed by atoms with E-state index < -0.39 is 16.5 Å². The summed E-state index contributed by atoms with van der Waals surface area (Å²) in [7, 11) is 1.55. The number of nitrogens with zero attached hydrogens (tertiary/aromatic N) is 1. The zero-order chi connectivity index (χ0) is 14.6. The molecule has 104 valence electrons. The Hall–Kier alpha value is -1.36. The molecule has 1 amide bonds. The minimum Gasteiger partial charge on any atom is -0.458 e. The van der Waals surface area contributed by atoms with Gasteiger partial charge < -0.3 is 9.64 Å². The molecule has 0 bridgehead atoms. The van der Waals surface area contributed by atoms with Gasteiger partial charge in [0.25, 0.3) is 5.91 Å². The molecule has 1 unspecified atom stereocenters. The van der Waals surface area contributed by atoms with E-state index in [1.165, 1.54) is 4.90 Å². The number of hydrogen-bond acceptors (Lipinski definition) is 3. The second-order valence-electron chi connectivity index (χ2n) is 5.15. The molecule has 0 spiro atoms. The van der Waals surface area contributed by atoms with Crippen molar-refractivity contribution in [2.24, 2.45) is 0 Å². The maximum atomic E-state index is 12.1. The summed E-state index contributed by atoms with van der Waals surface area (Å²) in [6.07, 6.45) is 0. The lowest BCUT2D eigenvalue weighted by molar-refractivity contribution is -0.156. The summed E-state index contributed by atoms with van der Waals surface area (Å²) < 4.78 is 5.23. The SMILES string of the molecule is CN(C(=O)c1ccccc1)C(Br)C(=O)OC(C)(C)C.